The van der Waals surface area contributed by atoms with Gasteiger partial charge in [-0.25, -0.2) is 0 Å². The van der Waals surface area contributed by atoms with E-state index in [1.165, 1.54) is 0 Å². The van der Waals surface area contributed by atoms with Gasteiger partial charge in [-0.1, -0.05) is 37.7 Å². The van der Waals surface area contributed by atoms with Crippen LogP contribution in [0.25, 0.3) is 11.6 Å². The van der Waals surface area contributed by atoms with Gasteiger partial charge in [-0.05, 0) is 35.7 Å². The van der Waals surface area contributed by atoms with Gasteiger partial charge in [0.2, 0.25) is 0 Å². The lowest BCUT2D eigenvalue weighted by atomic mass is 10.2. The molecule has 5 nitrogen and oxygen atoms in total. The first-order valence-electron chi connectivity index (χ1n) is 7.76. The van der Waals surface area contributed by atoms with Crippen LogP contribution in [0.1, 0.15) is 25.0 Å². The van der Waals surface area contributed by atoms with Crippen molar-refractivity contribution in [2.45, 2.75) is 31.3 Å². The monoisotopic (exact) mass is 338 g/mol. The van der Waals surface area contributed by atoms with Crippen molar-refractivity contribution in [2.24, 2.45) is 5.92 Å². The van der Waals surface area contributed by atoms with E-state index < -0.39 is 0 Å². The standard InChI is InChI=1S/C18H18N4OS/c1-13(2)11-22-17(16-7-4-8-23-16)20-21-18(22)24-12-15-6-3-5-14(9-15)10-19/h3-9,13H,11-12H2,1-2H3. The van der Waals surface area contributed by atoms with E-state index in [0.29, 0.717) is 11.5 Å². The molecule has 0 amide bonds. The van der Waals surface area contributed by atoms with Crippen LogP contribution < -0.4 is 0 Å². The van der Waals surface area contributed by atoms with Crippen LogP contribution >= 0.6 is 11.8 Å². The van der Waals surface area contributed by atoms with Crippen molar-refractivity contribution in [3.05, 3.63) is 53.8 Å². The smallest absolute Gasteiger partial charge is 0.200 e. The maximum Gasteiger partial charge on any atom is 0.200 e. The number of aromatic nitrogens is 3. The summed E-state index contributed by atoms with van der Waals surface area (Å²) in [6, 6.07) is 13.6. The lowest BCUT2D eigenvalue weighted by Crippen LogP contribution is -2.07. The third-order valence-electron chi connectivity index (χ3n) is 3.43. The SMILES string of the molecule is CC(C)Cn1c(SCc2cccc(C#N)c2)nnc1-c1ccco1. The Bertz CT molecular complexity index is 846. The van der Waals surface area contributed by atoms with Crippen molar-refractivity contribution in [3.8, 4) is 17.7 Å². The molecule has 0 saturated heterocycles. The predicted octanol–water partition coefficient (Wildman–Crippen LogP) is 4.36. The maximum atomic E-state index is 9.01. The Morgan fingerprint density at radius 2 is 2.12 bits per heavy atom. The lowest BCUT2D eigenvalue weighted by Gasteiger charge is -2.11. The van der Waals surface area contributed by atoms with Gasteiger partial charge in [0.05, 0.1) is 17.9 Å². The molecule has 0 fully saturated rings. The number of benzene rings is 1. The number of thioether (sulfide) groups is 1. The van der Waals surface area contributed by atoms with Crippen molar-refractivity contribution in [1.29, 1.82) is 5.26 Å². The van der Waals surface area contributed by atoms with E-state index in [0.717, 1.165) is 34.6 Å². The van der Waals surface area contributed by atoms with Crippen LogP contribution in [0.15, 0.2) is 52.2 Å². The van der Waals surface area contributed by atoms with E-state index in [4.69, 9.17) is 9.68 Å². The Hall–Kier alpha value is -2.52. The topological polar surface area (TPSA) is 67.6 Å². The molecule has 0 spiro atoms. The molecule has 0 aliphatic carbocycles. The molecule has 0 aliphatic heterocycles. The van der Waals surface area contributed by atoms with Gasteiger partial charge in [0, 0.05) is 12.3 Å². The summed E-state index contributed by atoms with van der Waals surface area (Å²) in [5.41, 5.74) is 1.77. The van der Waals surface area contributed by atoms with Gasteiger partial charge >= 0.3 is 0 Å². The molecule has 3 aromatic rings. The molecular formula is C18H18N4OS. The van der Waals surface area contributed by atoms with Crippen LogP contribution in [-0.4, -0.2) is 14.8 Å². The fourth-order valence-corrected chi connectivity index (χ4v) is 3.28. The molecular weight excluding hydrogens is 320 g/mol. The Balaban J connectivity index is 1.83. The molecule has 0 aliphatic rings. The molecule has 1 aromatic carbocycles. The Labute approximate surface area is 145 Å². The normalized spacial score (nSPS) is 10.9. The van der Waals surface area contributed by atoms with Crippen LogP contribution in [-0.2, 0) is 12.3 Å². The molecule has 0 N–H and O–H groups in total. The third kappa shape index (κ3) is 3.69. The second-order valence-corrected chi connectivity index (χ2v) is 6.83. The van der Waals surface area contributed by atoms with Gasteiger partial charge in [-0.2, -0.15) is 5.26 Å². The fourth-order valence-electron chi connectivity index (χ4n) is 2.39. The minimum Gasteiger partial charge on any atom is -0.461 e. The van der Waals surface area contributed by atoms with E-state index in [2.05, 4.69) is 34.7 Å². The van der Waals surface area contributed by atoms with E-state index in [-0.39, 0.29) is 0 Å². The van der Waals surface area contributed by atoms with Crippen LogP contribution in [0.2, 0.25) is 0 Å². The lowest BCUT2D eigenvalue weighted by molar-refractivity contribution is 0.489. The van der Waals surface area contributed by atoms with Gasteiger partial charge in [0.15, 0.2) is 16.7 Å². The average Bonchev–Trinajstić information content (AvgIpc) is 3.22. The number of nitrogens with zero attached hydrogens (tertiary/aromatic N) is 4. The molecule has 24 heavy (non-hydrogen) atoms. The van der Waals surface area contributed by atoms with Crippen molar-refractivity contribution < 1.29 is 4.42 Å². The average molecular weight is 338 g/mol. The molecule has 0 atom stereocenters. The molecule has 0 saturated carbocycles. The first kappa shape index (κ1) is 16.3. The van der Waals surface area contributed by atoms with Gasteiger partial charge in [-0.3, -0.25) is 4.57 Å². The third-order valence-corrected chi connectivity index (χ3v) is 4.47. The maximum absolute atomic E-state index is 9.01. The van der Waals surface area contributed by atoms with Gasteiger partial charge in [0.1, 0.15) is 0 Å². The van der Waals surface area contributed by atoms with E-state index in [1.807, 2.05) is 36.4 Å². The summed E-state index contributed by atoms with van der Waals surface area (Å²) in [5.74, 6) is 2.68. The van der Waals surface area contributed by atoms with E-state index in [9.17, 15) is 0 Å². The molecule has 0 unspecified atom stereocenters. The minimum atomic E-state index is 0.468. The number of furan rings is 1. The second kappa shape index (κ2) is 7.37. The quantitative estimate of drug-likeness (QED) is 0.625. The van der Waals surface area contributed by atoms with E-state index >= 15 is 0 Å². The predicted molar refractivity (Wildman–Crippen MR) is 93.3 cm³/mol. The van der Waals surface area contributed by atoms with Crippen LogP contribution in [0.5, 0.6) is 0 Å². The van der Waals surface area contributed by atoms with Crippen LogP contribution in [0, 0.1) is 17.2 Å². The molecule has 122 valence electrons. The van der Waals surface area contributed by atoms with Crippen molar-refractivity contribution >= 4 is 11.8 Å². The number of hydrogen-bond donors (Lipinski definition) is 0. The summed E-state index contributed by atoms with van der Waals surface area (Å²) in [6.07, 6.45) is 1.64. The van der Waals surface area contributed by atoms with Crippen molar-refractivity contribution in [2.75, 3.05) is 0 Å². The first-order valence-corrected chi connectivity index (χ1v) is 8.75. The molecule has 2 heterocycles. The first-order chi connectivity index (χ1) is 11.7. The summed E-state index contributed by atoms with van der Waals surface area (Å²) in [6.45, 7) is 5.15. The molecule has 6 heteroatoms. The van der Waals surface area contributed by atoms with Gasteiger partial charge in [0.25, 0.3) is 0 Å². The minimum absolute atomic E-state index is 0.468. The second-order valence-electron chi connectivity index (χ2n) is 5.89. The van der Waals surface area contributed by atoms with Crippen LogP contribution in [0.4, 0.5) is 0 Å². The molecule has 0 bridgehead atoms. The summed E-state index contributed by atoms with van der Waals surface area (Å²) in [4.78, 5) is 0. The highest BCUT2D eigenvalue weighted by Gasteiger charge is 2.17. The fraction of sp³-hybridized carbons (Fsp3) is 0.278. The number of rotatable bonds is 6. The molecule has 2 aromatic heterocycles. The highest BCUT2D eigenvalue weighted by Crippen LogP contribution is 2.27. The van der Waals surface area contributed by atoms with Gasteiger partial charge < -0.3 is 4.42 Å². The van der Waals surface area contributed by atoms with E-state index in [1.54, 1.807) is 18.0 Å². The van der Waals surface area contributed by atoms with Crippen molar-refractivity contribution in [3.63, 3.8) is 0 Å². The zero-order valence-electron chi connectivity index (χ0n) is 13.6. The largest absolute Gasteiger partial charge is 0.461 e. The molecule has 0 radical (unpaired) electrons. The van der Waals surface area contributed by atoms with Crippen LogP contribution in [0.3, 0.4) is 0 Å². The summed E-state index contributed by atoms with van der Waals surface area (Å²) in [5, 5.41) is 18.5. The zero-order valence-corrected chi connectivity index (χ0v) is 14.5. The summed E-state index contributed by atoms with van der Waals surface area (Å²) >= 11 is 1.62. The Kier molecular flexibility index (Phi) is 5.02. The zero-order chi connectivity index (χ0) is 16.9. The summed E-state index contributed by atoms with van der Waals surface area (Å²) < 4.78 is 7.58. The summed E-state index contributed by atoms with van der Waals surface area (Å²) in [7, 11) is 0. The van der Waals surface area contributed by atoms with Gasteiger partial charge in [-0.15, -0.1) is 10.2 Å². The highest BCUT2D eigenvalue weighted by atomic mass is 32.2. The number of hydrogen-bond acceptors (Lipinski definition) is 5. The Morgan fingerprint density at radius 3 is 2.83 bits per heavy atom. The van der Waals surface area contributed by atoms with Crippen molar-refractivity contribution in [1.82, 2.24) is 14.8 Å². The highest BCUT2D eigenvalue weighted by molar-refractivity contribution is 7.98. The molecule has 3 rings (SSSR count). The number of nitriles is 1. The Morgan fingerprint density at radius 1 is 1.25 bits per heavy atom.